The number of fused-ring (bicyclic) bond motifs is 2. The van der Waals surface area contributed by atoms with Gasteiger partial charge in [-0.1, -0.05) is 11.3 Å². The molecule has 1 fully saturated rings. The number of hydrogen-bond donors (Lipinski definition) is 1. The van der Waals surface area contributed by atoms with Crippen molar-refractivity contribution in [1.29, 1.82) is 0 Å². The SMILES string of the molecule is Cc1nn2cc(-c3cc4ccc(N5CCNCC5)cc4oc3=O)nc2s1. The second kappa shape index (κ2) is 5.93. The number of nitrogens with one attached hydrogen (secondary N) is 1. The topological polar surface area (TPSA) is 75.7 Å². The van der Waals surface area contributed by atoms with Crippen LogP contribution >= 0.6 is 11.3 Å². The lowest BCUT2D eigenvalue weighted by atomic mass is 10.1. The van der Waals surface area contributed by atoms with E-state index in [-0.39, 0.29) is 5.63 Å². The molecule has 1 aliphatic heterocycles. The van der Waals surface area contributed by atoms with Gasteiger partial charge in [-0.05, 0) is 25.1 Å². The molecule has 0 bridgehead atoms. The fourth-order valence-corrected chi connectivity index (χ4v) is 4.05. The largest absolute Gasteiger partial charge is 0.422 e. The van der Waals surface area contributed by atoms with E-state index < -0.39 is 0 Å². The van der Waals surface area contributed by atoms with Gasteiger partial charge in [0.2, 0.25) is 4.96 Å². The van der Waals surface area contributed by atoms with Crippen LogP contribution in [0.2, 0.25) is 0 Å². The minimum atomic E-state index is -0.377. The molecule has 1 aromatic carbocycles. The Bertz CT molecular complexity index is 1140. The van der Waals surface area contributed by atoms with Gasteiger partial charge in [-0.3, -0.25) is 0 Å². The smallest absolute Gasteiger partial charge is 0.345 e. The third-order valence-corrected chi connectivity index (χ3v) is 5.46. The Morgan fingerprint density at radius 2 is 2.08 bits per heavy atom. The molecule has 132 valence electrons. The van der Waals surface area contributed by atoms with Gasteiger partial charge in [0.05, 0.1) is 17.5 Å². The van der Waals surface area contributed by atoms with Crippen molar-refractivity contribution in [2.75, 3.05) is 31.1 Å². The minimum Gasteiger partial charge on any atom is -0.422 e. The summed E-state index contributed by atoms with van der Waals surface area (Å²) in [5.41, 5.74) is 2.35. The maximum absolute atomic E-state index is 12.5. The Morgan fingerprint density at radius 3 is 2.88 bits per heavy atom. The van der Waals surface area contributed by atoms with Gasteiger partial charge in [-0.15, -0.1) is 0 Å². The zero-order chi connectivity index (χ0) is 17.7. The van der Waals surface area contributed by atoms with Gasteiger partial charge in [0.15, 0.2) is 0 Å². The molecule has 3 aromatic heterocycles. The summed E-state index contributed by atoms with van der Waals surface area (Å²) in [5, 5.41) is 9.51. The molecule has 0 amide bonds. The van der Waals surface area contributed by atoms with Crippen LogP contribution in [-0.2, 0) is 0 Å². The third kappa shape index (κ3) is 2.58. The molecule has 0 radical (unpaired) electrons. The van der Waals surface area contributed by atoms with Gasteiger partial charge in [0, 0.05) is 43.3 Å². The van der Waals surface area contributed by atoms with Gasteiger partial charge in [0.1, 0.15) is 10.6 Å². The van der Waals surface area contributed by atoms with Crippen molar-refractivity contribution >= 4 is 33.0 Å². The first-order chi connectivity index (χ1) is 12.7. The molecule has 7 nitrogen and oxygen atoms in total. The van der Waals surface area contributed by atoms with Gasteiger partial charge in [0.25, 0.3) is 0 Å². The fourth-order valence-electron chi connectivity index (χ4n) is 3.33. The summed E-state index contributed by atoms with van der Waals surface area (Å²) in [6, 6.07) is 7.87. The molecule has 0 aliphatic carbocycles. The Hall–Kier alpha value is -2.71. The van der Waals surface area contributed by atoms with E-state index >= 15 is 0 Å². The Labute approximate surface area is 152 Å². The summed E-state index contributed by atoms with van der Waals surface area (Å²) in [6.45, 7) is 5.76. The van der Waals surface area contributed by atoms with E-state index in [1.54, 1.807) is 10.7 Å². The molecule has 0 unspecified atom stereocenters. The van der Waals surface area contributed by atoms with Crippen molar-refractivity contribution in [3.63, 3.8) is 0 Å². The van der Waals surface area contributed by atoms with E-state index in [1.165, 1.54) is 11.3 Å². The van der Waals surface area contributed by atoms with Crippen LogP contribution in [0.15, 0.2) is 39.7 Å². The quantitative estimate of drug-likeness (QED) is 0.548. The second-order valence-corrected chi connectivity index (χ2v) is 7.54. The molecule has 1 saturated heterocycles. The number of benzene rings is 1. The average molecular weight is 367 g/mol. The van der Waals surface area contributed by atoms with Crippen LogP contribution in [0.1, 0.15) is 5.01 Å². The van der Waals surface area contributed by atoms with Crippen LogP contribution in [0.4, 0.5) is 5.69 Å². The Kier molecular flexibility index (Phi) is 3.54. The molecule has 0 spiro atoms. The lowest BCUT2D eigenvalue weighted by Gasteiger charge is -2.29. The molecule has 4 aromatic rings. The number of aryl methyl sites for hydroxylation is 1. The summed E-state index contributed by atoms with van der Waals surface area (Å²) in [4.78, 5) is 20.1. The van der Waals surface area contributed by atoms with Crippen molar-refractivity contribution in [3.8, 4) is 11.3 Å². The lowest BCUT2D eigenvalue weighted by molar-refractivity contribution is 0.561. The van der Waals surface area contributed by atoms with E-state index in [0.29, 0.717) is 16.8 Å². The highest BCUT2D eigenvalue weighted by molar-refractivity contribution is 7.16. The van der Waals surface area contributed by atoms with Crippen LogP contribution in [0.5, 0.6) is 0 Å². The van der Waals surface area contributed by atoms with Crippen LogP contribution in [0.3, 0.4) is 0 Å². The highest BCUT2D eigenvalue weighted by Crippen LogP contribution is 2.26. The first-order valence-electron chi connectivity index (χ1n) is 8.54. The molecule has 1 N–H and O–H groups in total. The summed E-state index contributed by atoms with van der Waals surface area (Å²) in [6.07, 6.45) is 1.77. The Morgan fingerprint density at radius 1 is 1.23 bits per heavy atom. The molecule has 4 heterocycles. The number of aromatic nitrogens is 3. The molecular weight excluding hydrogens is 350 g/mol. The fraction of sp³-hybridized carbons (Fsp3) is 0.278. The summed E-state index contributed by atoms with van der Waals surface area (Å²) < 4.78 is 7.31. The highest BCUT2D eigenvalue weighted by Gasteiger charge is 2.15. The van der Waals surface area contributed by atoms with Gasteiger partial charge >= 0.3 is 5.63 Å². The lowest BCUT2D eigenvalue weighted by Crippen LogP contribution is -2.43. The number of rotatable bonds is 2. The average Bonchev–Trinajstić information content (AvgIpc) is 3.18. The maximum Gasteiger partial charge on any atom is 0.345 e. The maximum atomic E-state index is 12.5. The van der Waals surface area contributed by atoms with Gasteiger partial charge < -0.3 is 14.6 Å². The molecule has 0 saturated carbocycles. The highest BCUT2D eigenvalue weighted by atomic mass is 32.1. The van der Waals surface area contributed by atoms with E-state index in [0.717, 1.165) is 47.2 Å². The minimum absolute atomic E-state index is 0.377. The van der Waals surface area contributed by atoms with Crippen LogP contribution in [0, 0.1) is 6.92 Å². The summed E-state index contributed by atoms with van der Waals surface area (Å²) in [7, 11) is 0. The van der Waals surface area contributed by atoms with Crippen LogP contribution < -0.4 is 15.8 Å². The molecular formula is C18H17N5O2S. The number of anilines is 1. The Balaban J connectivity index is 1.57. The van der Waals surface area contributed by atoms with E-state index in [4.69, 9.17) is 4.42 Å². The zero-order valence-corrected chi connectivity index (χ0v) is 15.0. The van der Waals surface area contributed by atoms with Crippen molar-refractivity contribution in [1.82, 2.24) is 19.9 Å². The standard InChI is InChI=1S/C18H17N5O2S/c1-11-21-23-10-15(20-18(23)26-11)14-8-12-2-3-13(9-16(12)25-17(14)24)22-6-4-19-5-7-22/h2-3,8-10,19H,4-7H2,1H3. The van der Waals surface area contributed by atoms with Gasteiger partial charge in [-0.25, -0.2) is 14.3 Å². The van der Waals surface area contributed by atoms with E-state index in [1.807, 2.05) is 25.1 Å². The van der Waals surface area contributed by atoms with Crippen LogP contribution in [0.25, 0.3) is 27.2 Å². The first kappa shape index (κ1) is 15.5. The summed E-state index contributed by atoms with van der Waals surface area (Å²) in [5.74, 6) is 0. The number of imidazole rings is 1. The van der Waals surface area contributed by atoms with Crippen molar-refractivity contribution in [2.24, 2.45) is 0 Å². The van der Waals surface area contributed by atoms with Crippen molar-refractivity contribution in [3.05, 3.63) is 45.9 Å². The molecule has 0 atom stereocenters. The third-order valence-electron chi connectivity index (χ3n) is 4.62. The zero-order valence-electron chi connectivity index (χ0n) is 14.2. The number of piperazine rings is 1. The van der Waals surface area contributed by atoms with Crippen molar-refractivity contribution < 1.29 is 4.42 Å². The molecule has 1 aliphatic rings. The normalized spacial score (nSPS) is 15.2. The van der Waals surface area contributed by atoms with Crippen molar-refractivity contribution in [2.45, 2.75) is 6.92 Å². The second-order valence-electron chi connectivity index (χ2n) is 6.38. The predicted molar refractivity (Wildman–Crippen MR) is 102 cm³/mol. The monoisotopic (exact) mass is 367 g/mol. The number of hydrogen-bond acceptors (Lipinski definition) is 7. The van der Waals surface area contributed by atoms with Gasteiger partial charge in [-0.2, -0.15) is 5.10 Å². The predicted octanol–water partition coefficient (Wildman–Crippen LogP) is 2.28. The van der Waals surface area contributed by atoms with E-state index in [9.17, 15) is 4.79 Å². The molecule has 26 heavy (non-hydrogen) atoms. The number of nitrogens with zero attached hydrogens (tertiary/aromatic N) is 4. The van der Waals surface area contributed by atoms with E-state index in [2.05, 4.69) is 26.4 Å². The first-order valence-corrected chi connectivity index (χ1v) is 9.36. The van der Waals surface area contributed by atoms with Crippen LogP contribution in [-0.4, -0.2) is 40.8 Å². The molecule has 5 rings (SSSR count). The summed E-state index contributed by atoms with van der Waals surface area (Å²) >= 11 is 1.49. The molecule has 8 heteroatoms.